The standard InChI is InChI=1S/C16H20FN3O2/c1-3-5-14(16-18-8-9-20(16)2)19-15(21)11-22-13-7-4-6-12(17)10-13/h4,6-10,14H,3,5,11H2,1-2H3,(H,19,21)/t14-/m0/s1. The summed E-state index contributed by atoms with van der Waals surface area (Å²) in [5.74, 6) is 0.487. The third-order valence-corrected chi connectivity index (χ3v) is 3.25. The molecule has 0 fully saturated rings. The lowest BCUT2D eigenvalue weighted by atomic mass is 10.1. The maximum Gasteiger partial charge on any atom is 0.258 e. The van der Waals surface area contributed by atoms with Crippen LogP contribution in [0.1, 0.15) is 31.6 Å². The molecule has 0 aliphatic carbocycles. The number of carbonyl (C=O) groups is 1. The van der Waals surface area contributed by atoms with Crippen molar-refractivity contribution in [3.8, 4) is 5.75 Å². The number of benzene rings is 1. The van der Waals surface area contributed by atoms with E-state index in [-0.39, 0.29) is 18.6 Å². The van der Waals surface area contributed by atoms with E-state index in [1.54, 1.807) is 12.3 Å². The van der Waals surface area contributed by atoms with E-state index in [4.69, 9.17) is 4.74 Å². The summed E-state index contributed by atoms with van der Waals surface area (Å²) in [4.78, 5) is 16.3. The molecule has 0 unspecified atom stereocenters. The van der Waals surface area contributed by atoms with Crippen LogP contribution in [0.25, 0.3) is 0 Å². The molecule has 22 heavy (non-hydrogen) atoms. The molecule has 0 spiro atoms. The molecule has 2 aromatic rings. The fraction of sp³-hybridized carbons (Fsp3) is 0.375. The van der Waals surface area contributed by atoms with Gasteiger partial charge in [-0.3, -0.25) is 4.79 Å². The molecule has 0 aliphatic heterocycles. The average Bonchev–Trinajstić information content (AvgIpc) is 2.91. The Kier molecular flexibility index (Phi) is 5.52. The average molecular weight is 305 g/mol. The Bertz CT molecular complexity index is 627. The molecular formula is C16H20FN3O2. The normalized spacial score (nSPS) is 12.0. The van der Waals surface area contributed by atoms with E-state index in [0.29, 0.717) is 5.75 Å². The molecule has 1 amide bonds. The summed E-state index contributed by atoms with van der Waals surface area (Å²) in [6.45, 7) is 1.89. The van der Waals surface area contributed by atoms with Crippen LogP contribution in [-0.4, -0.2) is 22.1 Å². The molecule has 0 bridgehead atoms. The van der Waals surface area contributed by atoms with Gasteiger partial charge >= 0.3 is 0 Å². The predicted molar refractivity (Wildman–Crippen MR) is 80.9 cm³/mol. The quantitative estimate of drug-likeness (QED) is 0.855. The SMILES string of the molecule is CCC[C@H](NC(=O)COc1cccc(F)c1)c1nccn1C. The van der Waals surface area contributed by atoms with Gasteiger partial charge in [-0.25, -0.2) is 9.37 Å². The molecule has 0 saturated heterocycles. The van der Waals surface area contributed by atoms with Gasteiger partial charge in [-0.2, -0.15) is 0 Å². The summed E-state index contributed by atoms with van der Waals surface area (Å²) < 4.78 is 20.2. The highest BCUT2D eigenvalue weighted by Gasteiger charge is 2.17. The number of halogens is 1. The van der Waals surface area contributed by atoms with Crippen LogP contribution >= 0.6 is 0 Å². The number of rotatable bonds is 7. The summed E-state index contributed by atoms with van der Waals surface area (Å²) in [5, 5.41) is 2.91. The highest BCUT2D eigenvalue weighted by Crippen LogP contribution is 2.16. The molecule has 1 atom stereocenters. The number of nitrogens with zero attached hydrogens (tertiary/aromatic N) is 2. The summed E-state index contributed by atoms with van der Waals surface area (Å²) >= 11 is 0. The van der Waals surface area contributed by atoms with Crippen molar-refractivity contribution in [2.24, 2.45) is 7.05 Å². The van der Waals surface area contributed by atoms with E-state index in [1.165, 1.54) is 18.2 Å². The van der Waals surface area contributed by atoms with Gasteiger partial charge in [0.05, 0.1) is 6.04 Å². The van der Waals surface area contributed by atoms with Gasteiger partial charge in [0.2, 0.25) is 0 Å². The van der Waals surface area contributed by atoms with E-state index in [0.717, 1.165) is 18.7 Å². The molecular weight excluding hydrogens is 285 g/mol. The second-order valence-corrected chi connectivity index (χ2v) is 5.05. The van der Waals surface area contributed by atoms with Crippen LogP contribution in [0.3, 0.4) is 0 Å². The van der Waals surface area contributed by atoms with Gasteiger partial charge in [0.1, 0.15) is 17.4 Å². The molecule has 1 aromatic heterocycles. The van der Waals surface area contributed by atoms with E-state index >= 15 is 0 Å². The molecule has 1 aromatic carbocycles. The summed E-state index contributed by atoms with van der Waals surface area (Å²) in [6, 6.07) is 5.56. The lowest BCUT2D eigenvalue weighted by molar-refractivity contribution is -0.124. The zero-order valence-electron chi connectivity index (χ0n) is 12.8. The minimum Gasteiger partial charge on any atom is -0.484 e. The predicted octanol–water partition coefficient (Wildman–Crippen LogP) is 2.60. The van der Waals surface area contributed by atoms with Gasteiger partial charge < -0.3 is 14.6 Å². The minimum absolute atomic E-state index is 0.159. The zero-order chi connectivity index (χ0) is 15.9. The highest BCUT2D eigenvalue weighted by molar-refractivity contribution is 5.77. The van der Waals surface area contributed by atoms with Gasteiger partial charge in [-0.15, -0.1) is 0 Å². The maximum absolute atomic E-state index is 13.0. The van der Waals surface area contributed by atoms with Crippen LogP contribution in [0, 0.1) is 5.82 Å². The smallest absolute Gasteiger partial charge is 0.258 e. The van der Waals surface area contributed by atoms with Crippen LogP contribution in [0.2, 0.25) is 0 Å². The van der Waals surface area contributed by atoms with E-state index < -0.39 is 5.82 Å². The van der Waals surface area contributed by atoms with Gasteiger partial charge in [-0.05, 0) is 18.6 Å². The first kappa shape index (κ1) is 16.0. The molecule has 2 rings (SSSR count). The first-order valence-corrected chi connectivity index (χ1v) is 7.25. The fourth-order valence-corrected chi connectivity index (χ4v) is 2.21. The third-order valence-electron chi connectivity index (χ3n) is 3.25. The minimum atomic E-state index is -0.394. The Labute approximate surface area is 129 Å². The Morgan fingerprint density at radius 3 is 2.95 bits per heavy atom. The number of ether oxygens (including phenoxy) is 1. The van der Waals surface area contributed by atoms with Crippen LogP contribution in [-0.2, 0) is 11.8 Å². The molecule has 0 radical (unpaired) electrons. The number of imidazole rings is 1. The van der Waals surface area contributed by atoms with E-state index in [9.17, 15) is 9.18 Å². The lowest BCUT2D eigenvalue weighted by Crippen LogP contribution is -2.33. The highest BCUT2D eigenvalue weighted by atomic mass is 19.1. The van der Waals surface area contributed by atoms with Crippen molar-refractivity contribution >= 4 is 5.91 Å². The van der Waals surface area contributed by atoms with Crippen LogP contribution in [0.5, 0.6) is 5.75 Å². The number of hydrogen-bond acceptors (Lipinski definition) is 3. The van der Waals surface area contributed by atoms with Crippen LogP contribution in [0.15, 0.2) is 36.7 Å². The number of nitrogens with one attached hydrogen (secondary N) is 1. The first-order valence-electron chi connectivity index (χ1n) is 7.25. The van der Waals surface area contributed by atoms with Crippen molar-refractivity contribution in [2.75, 3.05) is 6.61 Å². The van der Waals surface area contributed by atoms with Crippen molar-refractivity contribution in [3.63, 3.8) is 0 Å². The molecule has 0 aliphatic rings. The molecule has 1 heterocycles. The third kappa shape index (κ3) is 4.31. The first-order chi connectivity index (χ1) is 10.6. The van der Waals surface area contributed by atoms with Crippen molar-refractivity contribution in [1.29, 1.82) is 0 Å². The fourth-order valence-electron chi connectivity index (χ4n) is 2.21. The summed E-state index contributed by atoms with van der Waals surface area (Å²) in [5.41, 5.74) is 0. The number of aromatic nitrogens is 2. The lowest BCUT2D eigenvalue weighted by Gasteiger charge is -2.18. The summed E-state index contributed by atoms with van der Waals surface area (Å²) in [6.07, 6.45) is 5.25. The molecule has 0 saturated carbocycles. The Morgan fingerprint density at radius 1 is 1.50 bits per heavy atom. The largest absolute Gasteiger partial charge is 0.484 e. The Morgan fingerprint density at radius 2 is 2.32 bits per heavy atom. The van der Waals surface area contributed by atoms with Crippen LogP contribution in [0.4, 0.5) is 4.39 Å². The van der Waals surface area contributed by atoms with Crippen molar-refractivity contribution in [1.82, 2.24) is 14.9 Å². The van der Waals surface area contributed by atoms with Gasteiger partial charge in [-0.1, -0.05) is 19.4 Å². The zero-order valence-corrected chi connectivity index (χ0v) is 12.8. The maximum atomic E-state index is 13.0. The second kappa shape index (κ2) is 7.59. The van der Waals surface area contributed by atoms with E-state index in [1.807, 2.05) is 24.7 Å². The Hall–Kier alpha value is -2.37. The van der Waals surface area contributed by atoms with Crippen molar-refractivity contribution < 1.29 is 13.9 Å². The van der Waals surface area contributed by atoms with Crippen LogP contribution < -0.4 is 10.1 Å². The number of hydrogen-bond donors (Lipinski definition) is 1. The van der Waals surface area contributed by atoms with Gasteiger partial charge in [0.15, 0.2) is 6.61 Å². The topological polar surface area (TPSA) is 56.1 Å². The number of carbonyl (C=O) groups excluding carboxylic acids is 1. The molecule has 1 N–H and O–H groups in total. The monoisotopic (exact) mass is 305 g/mol. The molecule has 118 valence electrons. The van der Waals surface area contributed by atoms with Gasteiger partial charge in [0, 0.05) is 25.5 Å². The number of amides is 1. The van der Waals surface area contributed by atoms with Crippen molar-refractivity contribution in [2.45, 2.75) is 25.8 Å². The Balaban J connectivity index is 1.93. The van der Waals surface area contributed by atoms with Gasteiger partial charge in [0.25, 0.3) is 5.91 Å². The van der Waals surface area contributed by atoms with E-state index in [2.05, 4.69) is 10.3 Å². The van der Waals surface area contributed by atoms with Crippen molar-refractivity contribution in [3.05, 3.63) is 48.3 Å². The number of aryl methyl sites for hydroxylation is 1. The molecule has 6 heteroatoms. The molecule has 5 nitrogen and oxygen atoms in total. The summed E-state index contributed by atoms with van der Waals surface area (Å²) in [7, 11) is 1.89. The second-order valence-electron chi connectivity index (χ2n) is 5.05.